The first-order valence-corrected chi connectivity index (χ1v) is 11.9. The third-order valence-electron chi connectivity index (χ3n) is 6.00. The summed E-state index contributed by atoms with van der Waals surface area (Å²) in [5, 5.41) is 2.00. The van der Waals surface area contributed by atoms with Crippen LogP contribution in [0.15, 0.2) is 41.8 Å². The number of thiophene rings is 1. The molecule has 0 N–H and O–H groups in total. The van der Waals surface area contributed by atoms with Gasteiger partial charge in [0.15, 0.2) is 6.29 Å². The van der Waals surface area contributed by atoms with Gasteiger partial charge in [-0.1, -0.05) is 30.3 Å². The number of amides is 1. The van der Waals surface area contributed by atoms with Gasteiger partial charge in [0.05, 0.1) is 19.6 Å². The van der Waals surface area contributed by atoms with Crippen LogP contribution in [0.2, 0.25) is 0 Å². The predicted octanol–water partition coefficient (Wildman–Crippen LogP) is 4.32. The molecule has 32 heavy (non-hydrogen) atoms. The smallest absolute Gasteiger partial charge is 0.410 e. The Hall–Kier alpha value is -2.42. The maximum atomic E-state index is 12.7. The molecule has 0 aliphatic carbocycles. The van der Waals surface area contributed by atoms with Gasteiger partial charge in [-0.3, -0.25) is 4.79 Å². The molecule has 1 aromatic carbocycles. The van der Waals surface area contributed by atoms with Gasteiger partial charge >= 0.3 is 12.1 Å². The van der Waals surface area contributed by atoms with Gasteiger partial charge < -0.3 is 23.8 Å². The lowest BCUT2D eigenvalue weighted by Gasteiger charge is -2.23. The highest BCUT2D eigenvalue weighted by molar-refractivity contribution is 7.10. The first-order valence-electron chi connectivity index (χ1n) is 11.0. The summed E-state index contributed by atoms with van der Waals surface area (Å²) < 4.78 is 22.2. The van der Waals surface area contributed by atoms with E-state index >= 15 is 0 Å². The predicted molar refractivity (Wildman–Crippen MR) is 119 cm³/mol. The van der Waals surface area contributed by atoms with Crippen LogP contribution in [-0.2, 0) is 37.0 Å². The Morgan fingerprint density at radius 2 is 1.97 bits per heavy atom. The molecule has 8 heteroatoms. The molecule has 2 aliphatic rings. The fourth-order valence-corrected chi connectivity index (χ4v) is 5.15. The first kappa shape index (κ1) is 22.8. The number of carbonyl (C=O) groups excluding carboxylic acids is 2. The van der Waals surface area contributed by atoms with Gasteiger partial charge in [-0.2, -0.15) is 0 Å². The molecule has 4 rings (SSSR count). The van der Waals surface area contributed by atoms with Crippen LogP contribution in [0.25, 0.3) is 0 Å². The number of ether oxygens (including phenoxy) is 4. The Balaban J connectivity index is 1.42. The lowest BCUT2D eigenvalue weighted by molar-refractivity contribution is -0.168. The molecule has 2 aliphatic heterocycles. The minimum Gasteiger partial charge on any atom is -0.469 e. The highest BCUT2D eigenvalue weighted by Crippen LogP contribution is 2.38. The number of esters is 1. The van der Waals surface area contributed by atoms with Crippen molar-refractivity contribution in [2.75, 3.05) is 26.8 Å². The van der Waals surface area contributed by atoms with Crippen LogP contribution in [0.3, 0.4) is 0 Å². The van der Waals surface area contributed by atoms with E-state index < -0.39 is 12.0 Å². The normalized spacial score (nSPS) is 23.2. The average Bonchev–Trinajstić information content (AvgIpc) is 3.49. The van der Waals surface area contributed by atoms with Gasteiger partial charge in [-0.15, -0.1) is 11.3 Å². The number of nitrogens with zero attached hydrogens (tertiary/aromatic N) is 1. The summed E-state index contributed by atoms with van der Waals surface area (Å²) in [5.41, 5.74) is 1.95. The van der Waals surface area contributed by atoms with Crippen molar-refractivity contribution in [2.24, 2.45) is 5.92 Å². The van der Waals surface area contributed by atoms with E-state index in [4.69, 9.17) is 18.9 Å². The van der Waals surface area contributed by atoms with E-state index in [1.54, 1.807) is 16.2 Å². The Bertz CT molecular complexity index is 895. The minimum absolute atomic E-state index is 0.163. The molecule has 2 aromatic rings. The Labute approximate surface area is 192 Å². The van der Waals surface area contributed by atoms with E-state index in [9.17, 15) is 9.59 Å². The van der Waals surface area contributed by atoms with Gasteiger partial charge in [0.25, 0.3) is 0 Å². The van der Waals surface area contributed by atoms with Crippen LogP contribution >= 0.6 is 11.3 Å². The lowest BCUT2D eigenvalue weighted by Crippen LogP contribution is -2.30. The zero-order valence-electron chi connectivity index (χ0n) is 18.2. The van der Waals surface area contributed by atoms with Crippen molar-refractivity contribution in [3.8, 4) is 0 Å². The summed E-state index contributed by atoms with van der Waals surface area (Å²) in [7, 11) is 1.38. The molecule has 2 saturated heterocycles. The summed E-state index contributed by atoms with van der Waals surface area (Å²) in [4.78, 5) is 27.9. The van der Waals surface area contributed by atoms with Crippen molar-refractivity contribution in [1.82, 2.24) is 4.90 Å². The highest BCUT2D eigenvalue weighted by atomic mass is 32.1. The molecule has 1 amide bonds. The van der Waals surface area contributed by atoms with Crippen LogP contribution in [-0.4, -0.2) is 50.1 Å². The second-order valence-electron chi connectivity index (χ2n) is 8.09. The SMILES string of the molecule is COC(=O)C1CN(C(=O)OCc2ccccc2)CC1c1ccsc1COC1CCCCO1. The zero-order valence-corrected chi connectivity index (χ0v) is 19.1. The van der Waals surface area contributed by atoms with Crippen LogP contribution in [0.1, 0.15) is 41.2 Å². The molecule has 2 fully saturated rings. The monoisotopic (exact) mass is 459 g/mol. The van der Waals surface area contributed by atoms with Crippen molar-refractivity contribution >= 4 is 23.4 Å². The summed E-state index contributed by atoms with van der Waals surface area (Å²) in [5.74, 6) is -0.922. The fourth-order valence-electron chi connectivity index (χ4n) is 4.28. The second kappa shape index (κ2) is 10.9. The summed E-state index contributed by atoms with van der Waals surface area (Å²) >= 11 is 1.60. The number of carbonyl (C=O) groups is 2. The third-order valence-corrected chi connectivity index (χ3v) is 6.91. The second-order valence-corrected chi connectivity index (χ2v) is 9.09. The summed E-state index contributed by atoms with van der Waals surface area (Å²) in [6.45, 7) is 2.03. The zero-order chi connectivity index (χ0) is 22.3. The molecule has 1 aromatic heterocycles. The van der Waals surface area contributed by atoms with Crippen molar-refractivity contribution in [1.29, 1.82) is 0 Å². The van der Waals surface area contributed by atoms with E-state index in [1.165, 1.54) is 7.11 Å². The maximum Gasteiger partial charge on any atom is 0.410 e. The Morgan fingerprint density at radius 3 is 2.72 bits per heavy atom. The number of likely N-dealkylation sites (tertiary alicyclic amines) is 1. The number of methoxy groups -OCH3 is 1. The number of benzene rings is 1. The fraction of sp³-hybridized carbons (Fsp3) is 0.500. The van der Waals surface area contributed by atoms with Gasteiger partial charge in [0, 0.05) is 30.5 Å². The molecule has 3 atom stereocenters. The van der Waals surface area contributed by atoms with Crippen LogP contribution in [0, 0.1) is 5.92 Å². The van der Waals surface area contributed by atoms with E-state index in [0.29, 0.717) is 13.2 Å². The number of hydrogen-bond donors (Lipinski definition) is 0. The minimum atomic E-state index is -0.441. The van der Waals surface area contributed by atoms with Crippen LogP contribution in [0.5, 0.6) is 0 Å². The van der Waals surface area contributed by atoms with Gasteiger partial charge in [0.2, 0.25) is 0 Å². The molecular formula is C24H29NO6S. The van der Waals surface area contributed by atoms with Crippen LogP contribution < -0.4 is 0 Å². The van der Waals surface area contributed by atoms with E-state index in [-0.39, 0.29) is 31.3 Å². The summed E-state index contributed by atoms with van der Waals surface area (Å²) in [6, 6.07) is 11.6. The van der Waals surface area contributed by atoms with E-state index in [0.717, 1.165) is 41.9 Å². The first-order chi connectivity index (χ1) is 15.7. The molecule has 0 spiro atoms. The standard InChI is InChI=1S/C24H29NO6S/c1-28-23(26)20-14-25(24(27)31-15-17-7-3-2-4-8-17)13-19(20)18-10-12-32-21(18)16-30-22-9-5-6-11-29-22/h2-4,7-8,10,12,19-20,22H,5-6,9,11,13-16H2,1H3. The van der Waals surface area contributed by atoms with Crippen molar-refractivity contribution in [3.63, 3.8) is 0 Å². The quantitative estimate of drug-likeness (QED) is 0.574. The topological polar surface area (TPSA) is 74.3 Å². The molecule has 3 heterocycles. The van der Waals surface area contributed by atoms with Gasteiger partial charge in [-0.25, -0.2) is 4.79 Å². The molecule has 7 nitrogen and oxygen atoms in total. The van der Waals surface area contributed by atoms with E-state index in [1.807, 2.05) is 41.8 Å². The number of rotatable bonds is 7. The number of hydrogen-bond acceptors (Lipinski definition) is 7. The van der Waals surface area contributed by atoms with Crippen LogP contribution in [0.4, 0.5) is 4.79 Å². The molecular weight excluding hydrogens is 430 g/mol. The Morgan fingerprint density at radius 1 is 1.12 bits per heavy atom. The lowest BCUT2D eigenvalue weighted by atomic mass is 9.89. The van der Waals surface area contributed by atoms with Crippen molar-refractivity contribution in [2.45, 2.75) is 44.7 Å². The molecule has 0 radical (unpaired) electrons. The molecule has 3 unspecified atom stereocenters. The third kappa shape index (κ3) is 5.49. The molecule has 172 valence electrons. The van der Waals surface area contributed by atoms with Gasteiger partial charge in [-0.05, 0) is 41.8 Å². The Kier molecular flexibility index (Phi) is 7.78. The van der Waals surface area contributed by atoms with Crippen molar-refractivity contribution < 1.29 is 28.5 Å². The van der Waals surface area contributed by atoms with Crippen molar-refractivity contribution in [3.05, 3.63) is 57.8 Å². The highest BCUT2D eigenvalue weighted by Gasteiger charge is 2.42. The molecule has 0 bridgehead atoms. The average molecular weight is 460 g/mol. The largest absolute Gasteiger partial charge is 0.469 e. The van der Waals surface area contributed by atoms with Gasteiger partial charge in [0.1, 0.15) is 6.61 Å². The van der Waals surface area contributed by atoms with E-state index in [2.05, 4.69) is 0 Å². The summed E-state index contributed by atoms with van der Waals surface area (Å²) in [6.07, 6.45) is 2.48. The maximum absolute atomic E-state index is 12.7. The molecule has 0 saturated carbocycles.